The molecule has 1 heterocycles. The minimum atomic E-state index is -4.25. The highest BCUT2D eigenvalue weighted by molar-refractivity contribution is 7.92. The normalized spacial score (nSPS) is 28.7. The molecule has 0 aromatic heterocycles. The number of hydrogen-bond acceptors (Lipinski definition) is 4. The van der Waals surface area contributed by atoms with E-state index < -0.39 is 54.4 Å². The van der Waals surface area contributed by atoms with Gasteiger partial charge in [-0.25, -0.2) is 17.2 Å². The lowest BCUT2D eigenvalue weighted by molar-refractivity contribution is 0.0934. The third-order valence-electron chi connectivity index (χ3n) is 7.49. The van der Waals surface area contributed by atoms with Crippen LogP contribution in [0.4, 0.5) is 8.78 Å². The van der Waals surface area contributed by atoms with Crippen LogP contribution in [0.3, 0.4) is 0 Å². The van der Waals surface area contributed by atoms with E-state index in [4.69, 9.17) is 11.6 Å². The maximum absolute atomic E-state index is 15.3. The van der Waals surface area contributed by atoms with Crippen molar-refractivity contribution in [3.8, 4) is 0 Å². The van der Waals surface area contributed by atoms with E-state index in [1.54, 1.807) is 13.8 Å². The Balaban J connectivity index is 1.93. The van der Waals surface area contributed by atoms with E-state index in [1.165, 1.54) is 28.6 Å². The van der Waals surface area contributed by atoms with Crippen LogP contribution < -0.4 is 4.72 Å². The number of fused-ring (bicyclic) bond motifs is 1. The predicted octanol–water partition coefficient (Wildman–Crippen LogP) is 5.18. The Morgan fingerprint density at radius 2 is 1.83 bits per heavy atom. The van der Waals surface area contributed by atoms with Gasteiger partial charge in [-0.15, -0.1) is 0 Å². The van der Waals surface area contributed by atoms with Gasteiger partial charge < -0.3 is 0 Å². The highest BCUT2D eigenvalue weighted by atomic mass is 35.5. The fraction of sp³-hybridized carbons (Fsp3) is 0.520. The third-order valence-corrected chi connectivity index (χ3v) is 12.1. The summed E-state index contributed by atoms with van der Waals surface area (Å²) < 4.78 is 86.9. The van der Waals surface area contributed by atoms with E-state index in [1.807, 2.05) is 6.92 Å². The summed E-state index contributed by atoms with van der Waals surface area (Å²) in [6, 6.07) is 7.16. The number of sulfone groups is 1. The summed E-state index contributed by atoms with van der Waals surface area (Å²) in [5.74, 6) is -1.98. The fourth-order valence-electron chi connectivity index (χ4n) is 6.01. The number of rotatable bonds is 6. The molecule has 4 rings (SSSR count). The molecule has 1 aliphatic carbocycles. The van der Waals surface area contributed by atoms with Gasteiger partial charge in [0.25, 0.3) is 10.2 Å². The number of nitrogens with one attached hydrogen (secondary N) is 1. The minimum Gasteiger partial charge on any atom is -0.223 e. The first kappa shape index (κ1) is 27.4. The average Bonchev–Trinajstić information content (AvgIpc) is 2.80. The molecule has 0 bridgehead atoms. The van der Waals surface area contributed by atoms with E-state index in [0.717, 1.165) is 18.2 Å². The molecule has 1 saturated heterocycles. The van der Waals surface area contributed by atoms with Crippen molar-refractivity contribution in [1.82, 2.24) is 9.03 Å². The molecule has 4 atom stereocenters. The van der Waals surface area contributed by atoms with E-state index in [-0.39, 0.29) is 35.8 Å². The maximum Gasteiger partial charge on any atom is 0.280 e. The molecule has 36 heavy (non-hydrogen) atoms. The van der Waals surface area contributed by atoms with Crippen LogP contribution >= 0.6 is 11.6 Å². The lowest BCUT2D eigenvalue weighted by atomic mass is 9.70. The van der Waals surface area contributed by atoms with Crippen LogP contribution in [0, 0.1) is 17.6 Å². The van der Waals surface area contributed by atoms with Crippen molar-refractivity contribution in [3.05, 3.63) is 64.7 Å². The van der Waals surface area contributed by atoms with E-state index in [0.29, 0.717) is 17.9 Å². The summed E-state index contributed by atoms with van der Waals surface area (Å²) in [6.07, 6.45) is 1.24. The zero-order valence-corrected chi connectivity index (χ0v) is 22.8. The highest BCUT2D eigenvalue weighted by Gasteiger charge is 2.58. The Kier molecular flexibility index (Phi) is 7.58. The first-order chi connectivity index (χ1) is 16.8. The molecular formula is C25H31ClF2N2O4S2. The van der Waals surface area contributed by atoms with Gasteiger partial charge >= 0.3 is 0 Å². The Bertz CT molecular complexity index is 1340. The maximum atomic E-state index is 15.3. The van der Waals surface area contributed by atoms with E-state index in [9.17, 15) is 21.2 Å². The quantitative estimate of drug-likeness (QED) is 0.527. The number of benzene rings is 2. The lowest BCUT2D eigenvalue weighted by Gasteiger charge is -2.53. The largest absolute Gasteiger partial charge is 0.280 e. The molecule has 1 saturated carbocycles. The van der Waals surface area contributed by atoms with Gasteiger partial charge in [0, 0.05) is 28.7 Å². The average molecular weight is 561 g/mol. The van der Waals surface area contributed by atoms with Gasteiger partial charge in [-0.05, 0) is 87.9 Å². The van der Waals surface area contributed by atoms with Gasteiger partial charge in [-0.1, -0.05) is 24.9 Å². The summed E-state index contributed by atoms with van der Waals surface area (Å²) in [5, 5.41) is 0.348. The zero-order chi connectivity index (χ0) is 26.5. The molecule has 0 amide bonds. The fourth-order valence-corrected chi connectivity index (χ4v) is 10.3. The Morgan fingerprint density at radius 1 is 1.17 bits per heavy atom. The molecule has 2 aromatic rings. The smallest absolute Gasteiger partial charge is 0.223 e. The van der Waals surface area contributed by atoms with Crippen molar-refractivity contribution in [2.24, 2.45) is 5.92 Å². The molecule has 11 heteroatoms. The monoisotopic (exact) mass is 560 g/mol. The number of halogens is 3. The van der Waals surface area contributed by atoms with Crippen molar-refractivity contribution < 1.29 is 25.6 Å². The minimum absolute atomic E-state index is 0.0434. The van der Waals surface area contributed by atoms with Gasteiger partial charge in [0.1, 0.15) is 16.4 Å². The van der Waals surface area contributed by atoms with Gasteiger partial charge in [0.2, 0.25) is 0 Å². The van der Waals surface area contributed by atoms with Gasteiger partial charge in [-0.3, -0.25) is 0 Å². The van der Waals surface area contributed by atoms with Crippen molar-refractivity contribution in [2.45, 2.75) is 80.6 Å². The molecule has 0 radical (unpaired) electrons. The topological polar surface area (TPSA) is 83.5 Å². The van der Waals surface area contributed by atoms with Gasteiger partial charge in [-0.2, -0.15) is 17.4 Å². The second-order valence-electron chi connectivity index (χ2n) is 9.99. The molecule has 2 aromatic carbocycles. The first-order valence-corrected chi connectivity index (χ1v) is 15.4. The number of hydrogen-bond donors (Lipinski definition) is 1. The van der Waals surface area contributed by atoms with Gasteiger partial charge in [0.05, 0.1) is 4.90 Å². The summed E-state index contributed by atoms with van der Waals surface area (Å²) in [4.78, 5) is -0.0434. The van der Waals surface area contributed by atoms with Crippen LogP contribution in [0.2, 0.25) is 5.02 Å². The Hall–Kier alpha value is -1.59. The van der Waals surface area contributed by atoms with Crippen LogP contribution in [0.5, 0.6) is 0 Å². The van der Waals surface area contributed by atoms with Crippen LogP contribution in [-0.2, 0) is 24.8 Å². The zero-order valence-electron chi connectivity index (χ0n) is 20.4. The SMILES string of the molecule is CCC[C@@H]1[C@@H]2C[C@](c3cc(F)ccc3F)(S(=O)(=O)c3ccc(Cl)cc3)CC[C@@H]2NS(=O)(=O)N1C(C)C. The highest BCUT2D eigenvalue weighted by Crippen LogP contribution is 2.52. The van der Waals surface area contributed by atoms with Crippen LogP contribution in [0.1, 0.15) is 58.4 Å². The Labute approximate surface area is 217 Å². The molecular weight excluding hydrogens is 530 g/mol. The Morgan fingerprint density at radius 3 is 2.44 bits per heavy atom. The van der Waals surface area contributed by atoms with Crippen molar-refractivity contribution in [3.63, 3.8) is 0 Å². The van der Waals surface area contributed by atoms with Crippen molar-refractivity contribution in [2.75, 3.05) is 0 Å². The second-order valence-corrected chi connectivity index (χ2v) is 14.3. The summed E-state index contributed by atoms with van der Waals surface area (Å²) in [5.41, 5.74) is -0.226. The molecule has 2 fully saturated rings. The summed E-state index contributed by atoms with van der Waals surface area (Å²) >= 11 is 5.99. The number of nitrogens with zero attached hydrogens (tertiary/aromatic N) is 1. The summed E-state index contributed by atoms with van der Waals surface area (Å²) in [6.45, 7) is 5.49. The predicted molar refractivity (Wildman–Crippen MR) is 136 cm³/mol. The molecule has 1 aliphatic heterocycles. The van der Waals surface area contributed by atoms with Crippen LogP contribution in [-0.4, -0.2) is 39.3 Å². The van der Waals surface area contributed by atoms with E-state index in [2.05, 4.69) is 4.72 Å². The van der Waals surface area contributed by atoms with Crippen LogP contribution in [0.25, 0.3) is 0 Å². The second kappa shape index (κ2) is 9.94. The first-order valence-electron chi connectivity index (χ1n) is 12.1. The molecule has 2 aliphatic rings. The molecule has 1 N–H and O–H groups in total. The standard InChI is InChI=1S/C25H31ClF2N2O4S2/c1-4-5-24-20-15-25(21-14-18(27)8-11-22(21)28,35(31,32)19-9-6-17(26)7-10-19)13-12-23(20)29-36(33,34)30(24)16(2)3/h6-11,14,16,20,23-24,29H,4-5,12-13,15H2,1-3H3/t20-,23+,24-,25-/m1/s1. The van der Waals surface area contributed by atoms with Gasteiger partial charge in [0.15, 0.2) is 9.84 Å². The van der Waals surface area contributed by atoms with Crippen molar-refractivity contribution >= 4 is 31.6 Å². The van der Waals surface area contributed by atoms with Crippen molar-refractivity contribution in [1.29, 1.82) is 0 Å². The summed E-state index contributed by atoms with van der Waals surface area (Å²) in [7, 11) is -8.04. The lowest BCUT2D eigenvalue weighted by Crippen LogP contribution is -2.66. The third kappa shape index (κ3) is 4.60. The molecule has 198 valence electrons. The molecule has 6 nitrogen and oxygen atoms in total. The molecule has 0 unspecified atom stereocenters. The van der Waals surface area contributed by atoms with Crippen LogP contribution in [0.15, 0.2) is 47.4 Å². The van der Waals surface area contributed by atoms with E-state index >= 15 is 4.39 Å². The molecule has 0 spiro atoms.